The van der Waals surface area contributed by atoms with E-state index in [1.807, 2.05) is 0 Å². The second kappa shape index (κ2) is 2.75. The number of hydrogen-bond acceptors (Lipinski definition) is 0. The second-order valence-corrected chi connectivity index (χ2v) is 5.37. The Hall–Kier alpha value is 0. The molecule has 3 rings (SSSR count). The molecule has 0 aromatic carbocycles. The summed E-state index contributed by atoms with van der Waals surface area (Å²) in [6.07, 6.45) is 12.6. The van der Waals surface area contributed by atoms with Crippen LogP contribution in [0.25, 0.3) is 0 Å². The van der Waals surface area contributed by atoms with Gasteiger partial charge in [-0.25, -0.2) is 0 Å². The summed E-state index contributed by atoms with van der Waals surface area (Å²) in [4.78, 5) is 0. The fourth-order valence-corrected chi connectivity index (χ4v) is 3.74. The highest BCUT2D eigenvalue weighted by atomic mass is 14.5. The van der Waals surface area contributed by atoms with Gasteiger partial charge in [-0.15, -0.1) is 0 Å². The highest BCUT2D eigenvalue weighted by Gasteiger charge is 2.43. The summed E-state index contributed by atoms with van der Waals surface area (Å²) in [7, 11) is 0. The Kier molecular flexibility index (Phi) is 1.70. The Bertz CT molecular complexity index is 173. The summed E-state index contributed by atoms with van der Waals surface area (Å²) in [6.45, 7) is 0. The van der Waals surface area contributed by atoms with Crippen molar-refractivity contribution in [3.8, 4) is 0 Å². The molecule has 3 fully saturated rings. The van der Waals surface area contributed by atoms with Crippen LogP contribution in [0.5, 0.6) is 0 Å². The van der Waals surface area contributed by atoms with Crippen LogP contribution >= 0.6 is 0 Å². The molecule has 0 aromatic heterocycles. The summed E-state index contributed by atoms with van der Waals surface area (Å²) in [5.41, 5.74) is 0. The maximum atomic E-state index is 1.62. The molecule has 0 nitrogen and oxygen atoms in total. The average Bonchev–Trinajstić information content (AvgIpc) is 2.80. The predicted octanol–water partition coefficient (Wildman–Crippen LogP) is 3.61. The summed E-state index contributed by atoms with van der Waals surface area (Å²) >= 11 is 0. The van der Waals surface area contributed by atoms with Crippen LogP contribution in [0, 0.1) is 23.7 Å². The molecule has 0 amide bonds. The molecule has 0 heterocycles. The van der Waals surface area contributed by atoms with Gasteiger partial charge in [-0.05, 0) is 49.4 Å². The SMILES string of the molecule is C1CCC2CC3CC3CCC2C1. The molecule has 0 heteroatoms. The predicted molar refractivity (Wildman–Crippen MR) is 50.9 cm³/mol. The van der Waals surface area contributed by atoms with E-state index in [1.54, 1.807) is 44.9 Å². The molecule has 3 aliphatic carbocycles. The summed E-state index contributed by atoms with van der Waals surface area (Å²) in [5, 5.41) is 0. The minimum absolute atomic E-state index is 1.16. The third-order valence-corrected chi connectivity index (χ3v) is 4.65. The van der Waals surface area contributed by atoms with Crippen molar-refractivity contribution < 1.29 is 0 Å². The van der Waals surface area contributed by atoms with E-state index in [0.717, 1.165) is 11.8 Å². The first-order valence-corrected chi connectivity index (χ1v) is 5.93. The molecular formula is C12H20. The van der Waals surface area contributed by atoms with E-state index in [2.05, 4.69) is 0 Å². The van der Waals surface area contributed by atoms with Gasteiger partial charge in [0.05, 0.1) is 0 Å². The fraction of sp³-hybridized carbons (Fsp3) is 1.00. The van der Waals surface area contributed by atoms with Crippen molar-refractivity contribution in [2.75, 3.05) is 0 Å². The van der Waals surface area contributed by atoms with Crippen molar-refractivity contribution in [2.45, 2.75) is 51.4 Å². The van der Waals surface area contributed by atoms with Gasteiger partial charge in [-0.2, -0.15) is 0 Å². The lowest BCUT2D eigenvalue weighted by atomic mass is 9.76. The normalized spacial score (nSPS) is 52.0. The lowest BCUT2D eigenvalue weighted by Gasteiger charge is -2.30. The van der Waals surface area contributed by atoms with Gasteiger partial charge >= 0.3 is 0 Å². The molecule has 3 saturated carbocycles. The average molecular weight is 164 g/mol. The summed E-state index contributed by atoms with van der Waals surface area (Å²) in [5.74, 6) is 4.71. The van der Waals surface area contributed by atoms with Gasteiger partial charge in [0.15, 0.2) is 0 Å². The molecular weight excluding hydrogens is 144 g/mol. The van der Waals surface area contributed by atoms with E-state index in [1.165, 1.54) is 18.3 Å². The first-order chi connectivity index (χ1) is 5.93. The maximum Gasteiger partial charge on any atom is -0.0380 e. The Morgan fingerprint density at radius 3 is 1.92 bits per heavy atom. The zero-order valence-electron chi connectivity index (χ0n) is 7.97. The molecule has 0 radical (unpaired) electrons. The molecule has 4 atom stereocenters. The largest absolute Gasteiger partial charge is 0.0530 e. The lowest BCUT2D eigenvalue weighted by molar-refractivity contribution is 0.214. The van der Waals surface area contributed by atoms with Crippen LogP contribution in [0.15, 0.2) is 0 Å². The summed E-state index contributed by atoms with van der Waals surface area (Å²) < 4.78 is 0. The molecule has 3 aliphatic rings. The first kappa shape index (κ1) is 7.41. The quantitative estimate of drug-likeness (QED) is 0.513. The van der Waals surface area contributed by atoms with Crippen molar-refractivity contribution in [1.29, 1.82) is 0 Å². The third kappa shape index (κ3) is 1.20. The van der Waals surface area contributed by atoms with Gasteiger partial charge in [0.25, 0.3) is 0 Å². The Labute approximate surface area is 75.7 Å². The van der Waals surface area contributed by atoms with E-state index >= 15 is 0 Å². The van der Waals surface area contributed by atoms with Crippen molar-refractivity contribution in [2.24, 2.45) is 23.7 Å². The highest BCUT2D eigenvalue weighted by Crippen LogP contribution is 2.53. The van der Waals surface area contributed by atoms with Crippen LogP contribution < -0.4 is 0 Å². The van der Waals surface area contributed by atoms with E-state index < -0.39 is 0 Å². The standard InChI is InChI=1S/C12H20/c1-2-4-10-7-12-8-11(12)6-5-9(10)3-1/h9-12H,1-8H2. The molecule has 0 spiro atoms. The molecule has 0 aromatic rings. The fourth-order valence-electron chi connectivity index (χ4n) is 3.74. The number of rotatable bonds is 0. The van der Waals surface area contributed by atoms with Crippen LogP contribution in [-0.2, 0) is 0 Å². The monoisotopic (exact) mass is 164 g/mol. The van der Waals surface area contributed by atoms with E-state index in [0.29, 0.717) is 0 Å². The Morgan fingerprint density at radius 2 is 1.08 bits per heavy atom. The van der Waals surface area contributed by atoms with Gasteiger partial charge in [-0.3, -0.25) is 0 Å². The van der Waals surface area contributed by atoms with E-state index in [4.69, 9.17) is 0 Å². The van der Waals surface area contributed by atoms with Gasteiger partial charge in [0, 0.05) is 0 Å². The third-order valence-electron chi connectivity index (χ3n) is 4.65. The Morgan fingerprint density at radius 1 is 0.500 bits per heavy atom. The smallest absolute Gasteiger partial charge is 0.0380 e. The van der Waals surface area contributed by atoms with Crippen LogP contribution in [0.3, 0.4) is 0 Å². The maximum absolute atomic E-state index is 1.62. The molecule has 0 bridgehead atoms. The molecule has 0 N–H and O–H groups in total. The Balaban J connectivity index is 1.71. The van der Waals surface area contributed by atoms with Gasteiger partial charge in [0.2, 0.25) is 0 Å². The molecule has 0 aliphatic heterocycles. The molecule has 68 valence electrons. The first-order valence-electron chi connectivity index (χ1n) is 5.93. The minimum atomic E-state index is 1.16. The van der Waals surface area contributed by atoms with Gasteiger partial charge in [0.1, 0.15) is 0 Å². The van der Waals surface area contributed by atoms with Crippen molar-refractivity contribution >= 4 is 0 Å². The van der Waals surface area contributed by atoms with Crippen LogP contribution in [0.2, 0.25) is 0 Å². The van der Waals surface area contributed by atoms with Gasteiger partial charge in [-0.1, -0.05) is 25.7 Å². The lowest BCUT2D eigenvalue weighted by Crippen LogP contribution is -2.18. The molecule has 0 saturated heterocycles. The van der Waals surface area contributed by atoms with Crippen LogP contribution in [0.4, 0.5) is 0 Å². The number of hydrogen-bond donors (Lipinski definition) is 0. The zero-order chi connectivity index (χ0) is 7.97. The van der Waals surface area contributed by atoms with E-state index in [9.17, 15) is 0 Å². The van der Waals surface area contributed by atoms with Crippen LogP contribution in [-0.4, -0.2) is 0 Å². The topological polar surface area (TPSA) is 0 Å². The van der Waals surface area contributed by atoms with Crippen LogP contribution in [0.1, 0.15) is 51.4 Å². The minimum Gasteiger partial charge on any atom is -0.0530 e. The van der Waals surface area contributed by atoms with Crippen molar-refractivity contribution in [3.05, 3.63) is 0 Å². The van der Waals surface area contributed by atoms with Crippen molar-refractivity contribution in [1.82, 2.24) is 0 Å². The molecule has 12 heavy (non-hydrogen) atoms. The number of fused-ring (bicyclic) bond motifs is 2. The van der Waals surface area contributed by atoms with E-state index in [-0.39, 0.29) is 0 Å². The highest BCUT2D eigenvalue weighted by molar-refractivity contribution is 4.93. The van der Waals surface area contributed by atoms with Crippen molar-refractivity contribution in [3.63, 3.8) is 0 Å². The zero-order valence-corrected chi connectivity index (χ0v) is 7.97. The molecule has 4 unspecified atom stereocenters. The van der Waals surface area contributed by atoms with Gasteiger partial charge < -0.3 is 0 Å². The summed E-state index contributed by atoms with van der Waals surface area (Å²) in [6, 6.07) is 0. The second-order valence-electron chi connectivity index (χ2n) is 5.37.